The van der Waals surface area contributed by atoms with Gasteiger partial charge in [0.2, 0.25) is 11.7 Å². The molecule has 39 heavy (non-hydrogen) atoms. The van der Waals surface area contributed by atoms with Crippen molar-refractivity contribution >= 4 is 34.0 Å². The van der Waals surface area contributed by atoms with E-state index in [-0.39, 0.29) is 48.6 Å². The predicted octanol–water partition coefficient (Wildman–Crippen LogP) is 4.91. The first kappa shape index (κ1) is 25.6. The van der Waals surface area contributed by atoms with Gasteiger partial charge in [0.15, 0.2) is 18.2 Å². The quantitative estimate of drug-likeness (QED) is 0.447. The first-order chi connectivity index (χ1) is 18.4. The van der Waals surface area contributed by atoms with E-state index in [0.717, 1.165) is 6.20 Å². The molecule has 2 fully saturated rings. The largest absolute Gasteiger partial charge is 0.480 e. The molecule has 1 aliphatic carbocycles. The topological polar surface area (TPSA) is 84.3 Å². The molecule has 2 atom stereocenters. The maximum absolute atomic E-state index is 14.9. The zero-order valence-electron chi connectivity index (χ0n) is 21.3. The van der Waals surface area contributed by atoms with Crippen molar-refractivity contribution in [3.05, 3.63) is 40.6 Å². The van der Waals surface area contributed by atoms with E-state index >= 15 is 0 Å². The molecule has 1 saturated carbocycles. The first-order valence-electron chi connectivity index (χ1n) is 12.8. The molecule has 3 aromatic rings. The number of aromatic nitrogens is 3. The Morgan fingerprint density at radius 2 is 1.95 bits per heavy atom. The molecule has 8 nitrogen and oxygen atoms in total. The fraction of sp³-hybridized carbons (Fsp3) is 0.500. The number of benzene rings is 1. The molecule has 1 aromatic carbocycles. The molecule has 1 saturated heterocycles. The lowest BCUT2D eigenvalue weighted by molar-refractivity contribution is -0.0653. The summed E-state index contributed by atoms with van der Waals surface area (Å²) < 4.78 is 79.0. The van der Waals surface area contributed by atoms with Gasteiger partial charge in [-0.05, 0) is 37.0 Å². The SMILES string of the molecule is CC1CN(c2ncc(F)c(Nc3ccc4c(c3)c3c(c(=O)n4C)OCC(F)(F)[C@H](C4CC4)N3)n2)CCC1(F)F. The number of hydrogen-bond donors (Lipinski definition) is 2. The van der Waals surface area contributed by atoms with Gasteiger partial charge < -0.3 is 24.8 Å². The summed E-state index contributed by atoms with van der Waals surface area (Å²) in [6.45, 7) is 0.577. The third-order valence-electron chi connectivity index (χ3n) is 7.82. The van der Waals surface area contributed by atoms with Crippen molar-refractivity contribution in [3.63, 3.8) is 0 Å². The highest BCUT2D eigenvalue weighted by atomic mass is 19.3. The second-order valence-electron chi connectivity index (χ2n) is 10.7. The summed E-state index contributed by atoms with van der Waals surface area (Å²) in [5.74, 6) is -8.14. The number of nitrogens with zero attached hydrogens (tertiary/aromatic N) is 4. The van der Waals surface area contributed by atoms with Crippen molar-refractivity contribution in [1.29, 1.82) is 0 Å². The fourth-order valence-electron chi connectivity index (χ4n) is 5.29. The molecule has 0 spiro atoms. The van der Waals surface area contributed by atoms with Crippen LogP contribution in [0.15, 0.2) is 29.2 Å². The van der Waals surface area contributed by atoms with Gasteiger partial charge in [-0.1, -0.05) is 6.92 Å². The normalized spacial score (nSPS) is 23.9. The van der Waals surface area contributed by atoms with Crippen LogP contribution >= 0.6 is 0 Å². The number of hydrogen-bond acceptors (Lipinski definition) is 7. The Bertz CT molecular complexity index is 1510. The maximum atomic E-state index is 14.9. The van der Waals surface area contributed by atoms with Crippen LogP contribution in [0.2, 0.25) is 0 Å². The average molecular weight is 551 g/mol. The van der Waals surface area contributed by atoms with Gasteiger partial charge in [-0.25, -0.2) is 26.9 Å². The lowest BCUT2D eigenvalue weighted by Crippen LogP contribution is -2.46. The van der Waals surface area contributed by atoms with Crippen molar-refractivity contribution < 1.29 is 26.7 Å². The molecule has 0 radical (unpaired) electrons. The molecule has 2 aliphatic heterocycles. The van der Waals surface area contributed by atoms with E-state index in [0.29, 0.717) is 29.4 Å². The van der Waals surface area contributed by atoms with Gasteiger partial charge in [0.1, 0.15) is 0 Å². The van der Waals surface area contributed by atoms with Crippen LogP contribution in [0.25, 0.3) is 10.9 Å². The summed E-state index contributed by atoms with van der Waals surface area (Å²) in [4.78, 5) is 22.8. The van der Waals surface area contributed by atoms with Crippen LogP contribution in [0.3, 0.4) is 0 Å². The van der Waals surface area contributed by atoms with Gasteiger partial charge in [-0.3, -0.25) is 4.79 Å². The van der Waals surface area contributed by atoms with Crippen LogP contribution in [-0.4, -0.2) is 52.1 Å². The standard InChI is InChI=1S/C26H27F5N6O2/c1-13-11-37(8-7-25(13,28)29)24-32-10-17(27)22(35-24)33-15-5-6-18-16(9-15)19-20(23(38)36(18)2)39-12-26(30,31)21(34-19)14-3-4-14/h5-6,9-10,13-14,21,34H,3-4,7-8,11-12H2,1-2H3,(H,32,33,35)/t13?,21-/m0/s1. The van der Waals surface area contributed by atoms with Gasteiger partial charge in [0.25, 0.3) is 11.5 Å². The van der Waals surface area contributed by atoms with Crippen molar-refractivity contribution in [1.82, 2.24) is 14.5 Å². The average Bonchev–Trinajstić information content (AvgIpc) is 3.73. The summed E-state index contributed by atoms with van der Waals surface area (Å²) in [7, 11) is 1.52. The minimum atomic E-state index is -3.18. The van der Waals surface area contributed by atoms with Crippen molar-refractivity contribution in [2.45, 2.75) is 44.1 Å². The van der Waals surface area contributed by atoms with Crippen LogP contribution < -0.4 is 25.8 Å². The van der Waals surface area contributed by atoms with E-state index in [4.69, 9.17) is 4.74 Å². The van der Waals surface area contributed by atoms with Crippen LogP contribution in [-0.2, 0) is 7.05 Å². The molecule has 13 heteroatoms. The Morgan fingerprint density at radius 3 is 2.67 bits per heavy atom. The number of rotatable bonds is 4. The Kier molecular flexibility index (Phi) is 5.88. The molecule has 3 aliphatic rings. The molecule has 6 rings (SSSR count). The molecular weight excluding hydrogens is 523 g/mol. The minimum Gasteiger partial charge on any atom is -0.480 e. The van der Waals surface area contributed by atoms with Gasteiger partial charge in [0, 0.05) is 43.5 Å². The molecule has 1 unspecified atom stereocenters. The Morgan fingerprint density at radius 1 is 1.18 bits per heavy atom. The van der Waals surface area contributed by atoms with Gasteiger partial charge in [-0.2, -0.15) is 4.98 Å². The highest BCUT2D eigenvalue weighted by molar-refractivity contribution is 5.97. The molecule has 4 heterocycles. The lowest BCUT2D eigenvalue weighted by Gasteiger charge is -2.36. The van der Waals surface area contributed by atoms with E-state index in [9.17, 15) is 26.7 Å². The Balaban J connectivity index is 1.36. The van der Waals surface area contributed by atoms with Gasteiger partial charge >= 0.3 is 5.92 Å². The van der Waals surface area contributed by atoms with Crippen molar-refractivity contribution in [2.75, 3.05) is 35.2 Å². The predicted molar refractivity (Wildman–Crippen MR) is 136 cm³/mol. The van der Waals surface area contributed by atoms with E-state index in [1.54, 1.807) is 23.1 Å². The zero-order chi connectivity index (χ0) is 27.7. The number of alkyl halides is 4. The van der Waals surface area contributed by atoms with Crippen LogP contribution in [0.4, 0.5) is 45.1 Å². The summed E-state index contributed by atoms with van der Waals surface area (Å²) in [6, 6.07) is 3.63. The molecule has 2 N–H and O–H groups in total. The van der Waals surface area contributed by atoms with Crippen LogP contribution in [0, 0.1) is 17.7 Å². The van der Waals surface area contributed by atoms with Crippen LogP contribution in [0.5, 0.6) is 5.75 Å². The van der Waals surface area contributed by atoms with Gasteiger partial charge in [-0.15, -0.1) is 0 Å². The third kappa shape index (κ3) is 4.51. The molecule has 0 bridgehead atoms. The summed E-state index contributed by atoms with van der Waals surface area (Å²) in [5, 5.41) is 6.22. The molecular formula is C26H27F5N6O2. The number of ether oxygens (including phenoxy) is 1. The van der Waals surface area contributed by atoms with Crippen LogP contribution in [0.1, 0.15) is 26.2 Å². The first-order valence-corrected chi connectivity index (χ1v) is 12.8. The number of halogens is 5. The number of fused-ring (bicyclic) bond motifs is 3. The van der Waals surface area contributed by atoms with E-state index in [1.807, 2.05) is 0 Å². The van der Waals surface area contributed by atoms with Crippen molar-refractivity contribution in [2.24, 2.45) is 18.9 Å². The highest BCUT2D eigenvalue weighted by Crippen LogP contribution is 2.45. The summed E-state index contributed by atoms with van der Waals surface area (Å²) in [6.07, 6.45) is 1.92. The third-order valence-corrected chi connectivity index (χ3v) is 7.82. The molecule has 0 amide bonds. The minimum absolute atomic E-state index is 0.0205. The van der Waals surface area contributed by atoms with E-state index in [2.05, 4.69) is 20.6 Å². The zero-order valence-corrected chi connectivity index (χ0v) is 21.3. The van der Waals surface area contributed by atoms with E-state index < -0.39 is 41.8 Å². The second kappa shape index (κ2) is 8.95. The number of pyridine rings is 1. The number of piperidine rings is 1. The maximum Gasteiger partial charge on any atom is 0.301 e. The monoisotopic (exact) mass is 550 g/mol. The fourth-order valence-corrected chi connectivity index (χ4v) is 5.29. The lowest BCUT2D eigenvalue weighted by atomic mass is 9.96. The smallest absolute Gasteiger partial charge is 0.301 e. The summed E-state index contributed by atoms with van der Waals surface area (Å²) in [5.41, 5.74) is 0.446. The van der Waals surface area contributed by atoms with Crippen molar-refractivity contribution in [3.8, 4) is 5.75 Å². The number of aryl methyl sites for hydroxylation is 1. The van der Waals surface area contributed by atoms with E-state index in [1.165, 1.54) is 18.5 Å². The van der Waals surface area contributed by atoms with Gasteiger partial charge in [0.05, 0.1) is 23.4 Å². The number of anilines is 4. The second-order valence-corrected chi connectivity index (χ2v) is 10.7. The molecule has 2 aromatic heterocycles. The Hall–Kier alpha value is -3.64. The summed E-state index contributed by atoms with van der Waals surface area (Å²) >= 11 is 0. The number of nitrogens with one attached hydrogen (secondary N) is 2. The Labute approximate surface area is 220 Å². The highest BCUT2D eigenvalue weighted by Gasteiger charge is 2.51. The molecule has 208 valence electrons.